The van der Waals surface area contributed by atoms with Gasteiger partial charge in [0.25, 0.3) is 0 Å². The van der Waals surface area contributed by atoms with Crippen LogP contribution >= 0.6 is 0 Å². The zero-order valence-electron chi connectivity index (χ0n) is 14.0. The lowest BCUT2D eigenvalue weighted by atomic mass is 10.1. The molecular formula is C22H23N. The molecular weight excluding hydrogens is 278 g/mol. The summed E-state index contributed by atoms with van der Waals surface area (Å²) in [7, 11) is 0. The summed E-state index contributed by atoms with van der Waals surface area (Å²) in [4.78, 5) is 0. The Morgan fingerprint density at radius 2 is 1.48 bits per heavy atom. The zero-order chi connectivity index (χ0) is 17.0. The molecule has 1 nitrogen and oxygen atoms in total. The van der Waals surface area contributed by atoms with Crippen LogP contribution in [-0.4, -0.2) is 4.40 Å². The number of hydrogen-bond donors (Lipinski definition) is 0. The van der Waals surface area contributed by atoms with Crippen LogP contribution in [0.4, 0.5) is 0 Å². The van der Waals surface area contributed by atoms with Crippen molar-refractivity contribution in [2.24, 2.45) is 0 Å². The number of nitrogens with zero attached hydrogens (tertiary/aromatic N) is 1. The van der Waals surface area contributed by atoms with Crippen LogP contribution < -0.4 is 15.8 Å². The van der Waals surface area contributed by atoms with Crippen LogP contribution in [0.25, 0.3) is 42.0 Å². The minimum Gasteiger partial charge on any atom is -0.308 e. The Bertz CT molecular complexity index is 991. The SMILES string of the molecule is C=C/C=c1/c(C=C)c(/C=C\C)n2c(=C/C=C)/c(=C\C)c(C=C)c12. The molecule has 0 saturated carbocycles. The van der Waals surface area contributed by atoms with E-state index in [4.69, 9.17) is 0 Å². The van der Waals surface area contributed by atoms with Crippen molar-refractivity contribution >= 4 is 42.0 Å². The molecule has 0 bridgehead atoms. The Hall–Kier alpha value is -2.80. The van der Waals surface area contributed by atoms with Gasteiger partial charge < -0.3 is 4.40 Å². The quantitative estimate of drug-likeness (QED) is 0.793. The largest absolute Gasteiger partial charge is 0.308 e. The minimum atomic E-state index is 1.10. The highest BCUT2D eigenvalue weighted by Crippen LogP contribution is 2.16. The highest BCUT2D eigenvalue weighted by atomic mass is 14.9. The Balaban J connectivity index is 3.41. The maximum absolute atomic E-state index is 4.02. The van der Waals surface area contributed by atoms with Crippen molar-refractivity contribution in [1.29, 1.82) is 0 Å². The van der Waals surface area contributed by atoms with Crippen molar-refractivity contribution in [3.8, 4) is 0 Å². The Morgan fingerprint density at radius 3 is 1.96 bits per heavy atom. The summed E-state index contributed by atoms with van der Waals surface area (Å²) in [5.74, 6) is 0. The topological polar surface area (TPSA) is 4.41 Å². The molecule has 0 aromatic carbocycles. The van der Waals surface area contributed by atoms with E-state index in [9.17, 15) is 0 Å². The molecule has 0 fully saturated rings. The summed E-state index contributed by atoms with van der Waals surface area (Å²) in [6, 6.07) is 0. The van der Waals surface area contributed by atoms with Gasteiger partial charge in [0.2, 0.25) is 0 Å². The predicted molar refractivity (Wildman–Crippen MR) is 106 cm³/mol. The van der Waals surface area contributed by atoms with Gasteiger partial charge in [-0.2, -0.15) is 0 Å². The molecule has 0 aliphatic rings. The molecule has 1 heteroatoms. The highest BCUT2D eigenvalue weighted by molar-refractivity contribution is 5.82. The molecule has 0 unspecified atom stereocenters. The molecule has 0 radical (unpaired) electrons. The monoisotopic (exact) mass is 301 g/mol. The first-order valence-electron chi connectivity index (χ1n) is 7.69. The molecule has 0 spiro atoms. The van der Waals surface area contributed by atoms with Crippen LogP contribution in [0, 0.1) is 0 Å². The number of fused-ring (bicyclic) bond motifs is 1. The van der Waals surface area contributed by atoms with Gasteiger partial charge >= 0.3 is 0 Å². The summed E-state index contributed by atoms with van der Waals surface area (Å²) in [5, 5.41) is 3.38. The van der Waals surface area contributed by atoms with Crippen molar-refractivity contribution in [2.45, 2.75) is 13.8 Å². The van der Waals surface area contributed by atoms with Crippen molar-refractivity contribution in [3.63, 3.8) is 0 Å². The molecule has 23 heavy (non-hydrogen) atoms. The molecule has 0 atom stereocenters. The second kappa shape index (κ2) is 6.97. The van der Waals surface area contributed by atoms with Crippen LogP contribution in [0.5, 0.6) is 0 Å². The fourth-order valence-electron chi connectivity index (χ4n) is 3.14. The standard InChI is InChI=1S/C22H23N/c1-7-13-19-17(11-5)21(15-9-3)23-20(14-8-2)16(10-4)18(12-6)22(19)23/h7-15H,1-2,5-6H2,3-4H3/b15-9-,16-10-,19-13-,20-14+. The van der Waals surface area contributed by atoms with Gasteiger partial charge in [0.05, 0.1) is 16.6 Å². The van der Waals surface area contributed by atoms with Gasteiger partial charge in [-0.25, -0.2) is 0 Å². The van der Waals surface area contributed by atoms with Crippen molar-refractivity contribution in [2.75, 3.05) is 0 Å². The predicted octanol–water partition coefficient (Wildman–Crippen LogP) is 3.71. The average molecular weight is 301 g/mol. The van der Waals surface area contributed by atoms with E-state index in [0.29, 0.717) is 0 Å². The molecule has 2 aromatic heterocycles. The summed E-state index contributed by atoms with van der Waals surface area (Å²) < 4.78 is 2.25. The average Bonchev–Trinajstić information content (AvgIpc) is 3.01. The van der Waals surface area contributed by atoms with E-state index >= 15 is 0 Å². The second-order valence-electron chi connectivity index (χ2n) is 5.11. The maximum Gasteiger partial charge on any atom is 0.0620 e. The van der Waals surface area contributed by atoms with E-state index in [1.54, 1.807) is 0 Å². The fraction of sp³-hybridized carbons (Fsp3) is 0.0909. The lowest BCUT2D eigenvalue weighted by Gasteiger charge is -1.96. The zero-order valence-corrected chi connectivity index (χ0v) is 14.0. The third-order valence-corrected chi connectivity index (χ3v) is 3.93. The molecule has 0 saturated heterocycles. The highest BCUT2D eigenvalue weighted by Gasteiger charge is 2.15. The van der Waals surface area contributed by atoms with Crippen molar-refractivity contribution in [1.82, 2.24) is 4.40 Å². The smallest absolute Gasteiger partial charge is 0.0620 e. The Labute approximate surface area is 137 Å². The molecule has 0 aliphatic carbocycles. The maximum atomic E-state index is 4.02. The minimum absolute atomic E-state index is 1.10. The van der Waals surface area contributed by atoms with Crippen LogP contribution in [-0.2, 0) is 0 Å². The van der Waals surface area contributed by atoms with Gasteiger partial charge in [0.15, 0.2) is 0 Å². The number of aromatic nitrogens is 1. The van der Waals surface area contributed by atoms with Crippen LogP contribution in [0.3, 0.4) is 0 Å². The molecule has 2 rings (SSSR count). The van der Waals surface area contributed by atoms with Crippen molar-refractivity contribution in [3.05, 3.63) is 77.2 Å². The Kier molecular flexibility index (Phi) is 5.02. The first kappa shape index (κ1) is 16.6. The van der Waals surface area contributed by atoms with E-state index < -0.39 is 0 Å². The van der Waals surface area contributed by atoms with Crippen molar-refractivity contribution < 1.29 is 0 Å². The van der Waals surface area contributed by atoms with Gasteiger partial charge in [-0.3, -0.25) is 0 Å². The number of allylic oxidation sites excluding steroid dienone is 3. The molecule has 116 valence electrons. The normalized spacial score (nSPS) is 14.1. The molecule has 0 N–H and O–H groups in total. The van der Waals surface area contributed by atoms with E-state index in [0.717, 1.165) is 38.1 Å². The molecule has 2 aromatic rings. The third kappa shape index (κ3) is 2.44. The summed E-state index contributed by atoms with van der Waals surface area (Å²) in [5.41, 5.74) is 4.45. The second-order valence-corrected chi connectivity index (χ2v) is 5.11. The lowest BCUT2D eigenvalue weighted by Crippen LogP contribution is -2.27. The van der Waals surface area contributed by atoms with E-state index in [2.05, 4.69) is 42.9 Å². The van der Waals surface area contributed by atoms with E-state index in [-0.39, 0.29) is 0 Å². The first-order chi connectivity index (χ1) is 11.2. The third-order valence-electron chi connectivity index (χ3n) is 3.93. The van der Waals surface area contributed by atoms with Gasteiger partial charge in [0.1, 0.15) is 0 Å². The number of hydrogen-bond acceptors (Lipinski definition) is 0. The summed E-state index contributed by atoms with van der Waals surface area (Å²) >= 11 is 0. The number of rotatable bonds is 5. The van der Waals surface area contributed by atoms with Gasteiger partial charge in [0, 0.05) is 21.6 Å². The van der Waals surface area contributed by atoms with Gasteiger partial charge in [-0.15, -0.1) is 0 Å². The summed E-state index contributed by atoms with van der Waals surface area (Å²) in [6.45, 7) is 19.8. The molecule has 0 amide bonds. The van der Waals surface area contributed by atoms with E-state index in [1.807, 2.05) is 56.4 Å². The summed E-state index contributed by atoms with van der Waals surface area (Å²) in [6.07, 6.45) is 17.8. The fourth-order valence-corrected chi connectivity index (χ4v) is 3.14. The lowest BCUT2D eigenvalue weighted by molar-refractivity contribution is 1.14. The van der Waals surface area contributed by atoms with Crippen LogP contribution in [0.1, 0.15) is 30.7 Å². The molecule has 0 aliphatic heterocycles. The first-order valence-corrected chi connectivity index (χ1v) is 7.69. The Morgan fingerprint density at radius 1 is 0.826 bits per heavy atom. The van der Waals surface area contributed by atoms with Crippen LogP contribution in [0.2, 0.25) is 0 Å². The molecule has 2 heterocycles. The van der Waals surface area contributed by atoms with E-state index in [1.165, 1.54) is 0 Å². The van der Waals surface area contributed by atoms with Gasteiger partial charge in [-0.05, 0) is 26.0 Å². The van der Waals surface area contributed by atoms with Crippen LogP contribution in [0.15, 0.2) is 44.5 Å². The van der Waals surface area contributed by atoms with Gasteiger partial charge in [-0.1, -0.05) is 68.8 Å².